The Hall–Kier alpha value is -2.81. The molecule has 3 aromatic carbocycles. The van der Waals surface area contributed by atoms with Crippen LogP contribution >= 0.6 is 39.5 Å². The van der Waals surface area contributed by atoms with Gasteiger partial charge < -0.3 is 10.1 Å². The van der Waals surface area contributed by atoms with Gasteiger partial charge in [-0.25, -0.2) is 4.98 Å². The Morgan fingerprint density at radius 1 is 1.12 bits per heavy atom. The van der Waals surface area contributed by atoms with Crippen LogP contribution in [0.5, 0.6) is 5.75 Å². The molecule has 0 aliphatic heterocycles. The van der Waals surface area contributed by atoms with Crippen LogP contribution in [0.4, 0.5) is 5.69 Å². The highest BCUT2D eigenvalue weighted by Crippen LogP contribution is 2.31. The number of halogens is 1. The van der Waals surface area contributed by atoms with E-state index >= 15 is 0 Å². The van der Waals surface area contributed by atoms with E-state index in [9.17, 15) is 4.79 Å². The van der Waals surface area contributed by atoms with Gasteiger partial charge in [-0.15, -0.1) is 11.3 Å². The maximum atomic E-state index is 12.6. The number of nitrogens with one attached hydrogen (secondary N) is 2. The van der Waals surface area contributed by atoms with Crippen LogP contribution < -0.4 is 15.4 Å². The standard InChI is InChI=1S/C26H24BrN3O2S2/c1-15(2)14-32-22-11-7-18(13-20(22)27)24(31)30-26(33)28-19-8-5-17(6-9-19)25-29-21-10-4-16(3)12-23(21)34-25/h4-13,15H,14H2,1-3H3,(H2,28,30,31,33). The second-order valence-electron chi connectivity index (χ2n) is 8.33. The Bertz CT molecular complexity index is 1350. The van der Waals surface area contributed by atoms with Crippen molar-refractivity contribution in [3.63, 3.8) is 0 Å². The van der Waals surface area contributed by atoms with Crippen molar-refractivity contribution in [2.24, 2.45) is 5.92 Å². The lowest BCUT2D eigenvalue weighted by molar-refractivity contribution is 0.0977. The largest absolute Gasteiger partial charge is 0.492 e. The van der Waals surface area contributed by atoms with Gasteiger partial charge in [0.2, 0.25) is 0 Å². The van der Waals surface area contributed by atoms with E-state index in [-0.39, 0.29) is 11.0 Å². The van der Waals surface area contributed by atoms with Crippen molar-refractivity contribution in [3.05, 3.63) is 76.3 Å². The molecular weight excluding hydrogens is 530 g/mol. The van der Waals surface area contributed by atoms with E-state index in [4.69, 9.17) is 21.9 Å². The number of carbonyl (C=O) groups is 1. The molecule has 174 valence electrons. The van der Waals surface area contributed by atoms with Gasteiger partial charge in [0.25, 0.3) is 5.91 Å². The average molecular weight is 555 g/mol. The lowest BCUT2D eigenvalue weighted by Crippen LogP contribution is -2.34. The normalized spacial score (nSPS) is 11.0. The van der Waals surface area contributed by atoms with E-state index in [0.717, 1.165) is 26.2 Å². The molecule has 1 amide bonds. The Morgan fingerprint density at radius 2 is 1.88 bits per heavy atom. The first-order valence-electron chi connectivity index (χ1n) is 10.8. The Labute approximate surface area is 216 Å². The number of fused-ring (bicyclic) bond motifs is 1. The van der Waals surface area contributed by atoms with Crippen molar-refractivity contribution >= 4 is 66.4 Å². The summed E-state index contributed by atoms with van der Waals surface area (Å²) in [5, 5.41) is 6.97. The zero-order valence-electron chi connectivity index (χ0n) is 19.0. The first kappa shape index (κ1) is 24.3. The van der Waals surface area contributed by atoms with E-state index in [0.29, 0.717) is 23.8 Å². The Morgan fingerprint density at radius 3 is 2.59 bits per heavy atom. The molecule has 0 aliphatic carbocycles. The molecular formula is C26H24BrN3O2S2. The van der Waals surface area contributed by atoms with Gasteiger partial charge in [0.05, 0.1) is 21.3 Å². The minimum Gasteiger partial charge on any atom is -0.492 e. The molecule has 0 spiro atoms. The van der Waals surface area contributed by atoms with Crippen LogP contribution in [0.25, 0.3) is 20.8 Å². The number of rotatable bonds is 6. The van der Waals surface area contributed by atoms with Gasteiger partial charge in [-0.05, 0) is 101 Å². The molecule has 0 radical (unpaired) electrons. The van der Waals surface area contributed by atoms with E-state index in [1.165, 1.54) is 10.3 Å². The van der Waals surface area contributed by atoms with Crippen molar-refractivity contribution < 1.29 is 9.53 Å². The number of hydrogen-bond donors (Lipinski definition) is 2. The summed E-state index contributed by atoms with van der Waals surface area (Å²) in [6.07, 6.45) is 0. The van der Waals surface area contributed by atoms with E-state index in [2.05, 4.69) is 59.5 Å². The molecule has 0 fully saturated rings. The number of aromatic nitrogens is 1. The second-order valence-corrected chi connectivity index (χ2v) is 10.6. The summed E-state index contributed by atoms with van der Waals surface area (Å²) >= 11 is 10.5. The van der Waals surface area contributed by atoms with Crippen LogP contribution in [-0.4, -0.2) is 22.6 Å². The van der Waals surface area contributed by atoms with Crippen molar-refractivity contribution in [3.8, 4) is 16.3 Å². The summed E-state index contributed by atoms with van der Waals surface area (Å²) in [7, 11) is 0. The van der Waals surface area contributed by atoms with Crippen molar-refractivity contribution in [2.75, 3.05) is 11.9 Å². The molecule has 4 aromatic rings. The molecule has 0 unspecified atom stereocenters. The molecule has 1 heterocycles. The van der Waals surface area contributed by atoms with Crippen LogP contribution in [0.3, 0.4) is 0 Å². The van der Waals surface area contributed by atoms with Gasteiger partial charge in [-0.1, -0.05) is 19.9 Å². The quantitative estimate of drug-likeness (QED) is 0.247. The molecule has 0 bridgehead atoms. The summed E-state index contributed by atoms with van der Waals surface area (Å²) in [5.74, 6) is 0.821. The predicted octanol–water partition coefficient (Wildman–Crippen LogP) is 7.20. The van der Waals surface area contributed by atoms with Crippen LogP contribution in [-0.2, 0) is 0 Å². The molecule has 4 rings (SSSR count). The monoisotopic (exact) mass is 553 g/mol. The van der Waals surface area contributed by atoms with Gasteiger partial charge in [0, 0.05) is 16.8 Å². The minimum absolute atomic E-state index is 0.226. The minimum atomic E-state index is -0.296. The number of carbonyl (C=O) groups excluding carboxylic acids is 1. The van der Waals surface area contributed by atoms with Gasteiger partial charge in [-0.2, -0.15) is 0 Å². The van der Waals surface area contributed by atoms with Crippen LogP contribution in [0.2, 0.25) is 0 Å². The summed E-state index contributed by atoms with van der Waals surface area (Å²) in [5.41, 5.74) is 4.52. The Balaban J connectivity index is 1.37. The van der Waals surface area contributed by atoms with E-state index in [1.54, 1.807) is 29.5 Å². The molecule has 8 heteroatoms. The molecule has 2 N–H and O–H groups in total. The number of thiocarbonyl (C=S) groups is 1. The molecule has 0 aliphatic rings. The van der Waals surface area contributed by atoms with Crippen LogP contribution in [0.15, 0.2) is 65.1 Å². The first-order valence-corrected chi connectivity index (χ1v) is 12.8. The maximum absolute atomic E-state index is 12.6. The summed E-state index contributed by atoms with van der Waals surface area (Å²) < 4.78 is 7.63. The summed E-state index contributed by atoms with van der Waals surface area (Å²) in [6.45, 7) is 6.85. The molecule has 5 nitrogen and oxygen atoms in total. The van der Waals surface area contributed by atoms with Gasteiger partial charge in [-0.3, -0.25) is 10.1 Å². The number of ether oxygens (including phenoxy) is 1. The van der Waals surface area contributed by atoms with Gasteiger partial charge in [0.1, 0.15) is 10.8 Å². The predicted molar refractivity (Wildman–Crippen MR) is 148 cm³/mol. The van der Waals surface area contributed by atoms with E-state index < -0.39 is 0 Å². The molecule has 0 saturated carbocycles. The van der Waals surface area contributed by atoms with Crippen molar-refractivity contribution in [1.29, 1.82) is 0 Å². The second kappa shape index (κ2) is 10.6. The number of hydrogen-bond acceptors (Lipinski definition) is 5. The number of nitrogens with zero attached hydrogens (tertiary/aromatic N) is 1. The highest BCUT2D eigenvalue weighted by molar-refractivity contribution is 9.10. The summed E-state index contributed by atoms with van der Waals surface area (Å²) in [4.78, 5) is 17.3. The highest BCUT2D eigenvalue weighted by Gasteiger charge is 2.12. The first-order chi connectivity index (χ1) is 16.3. The lowest BCUT2D eigenvalue weighted by atomic mass is 10.2. The zero-order valence-corrected chi connectivity index (χ0v) is 22.2. The third-order valence-corrected chi connectivity index (χ3v) is 6.82. The molecule has 34 heavy (non-hydrogen) atoms. The number of aryl methyl sites for hydroxylation is 1. The van der Waals surface area contributed by atoms with Crippen molar-refractivity contribution in [2.45, 2.75) is 20.8 Å². The SMILES string of the molecule is Cc1ccc2nc(-c3ccc(NC(=S)NC(=O)c4ccc(OCC(C)C)c(Br)c4)cc3)sc2c1. The average Bonchev–Trinajstić information content (AvgIpc) is 3.21. The number of thiazole rings is 1. The number of amides is 1. The molecule has 1 aromatic heterocycles. The number of benzene rings is 3. The fourth-order valence-electron chi connectivity index (χ4n) is 3.20. The smallest absolute Gasteiger partial charge is 0.257 e. The fraction of sp³-hybridized carbons (Fsp3) is 0.192. The number of anilines is 1. The van der Waals surface area contributed by atoms with E-state index in [1.807, 2.05) is 30.3 Å². The van der Waals surface area contributed by atoms with Gasteiger partial charge >= 0.3 is 0 Å². The summed E-state index contributed by atoms with van der Waals surface area (Å²) in [6, 6.07) is 19.3. The van der Waals surface area contributed by atoms with Crippen molar-refractivity contribution in [1.82, 2.24) is 10.3 Å². The molecule has 0 atom stereocenters. The van der Waals surface area contributed by atoms with Crippen LogP contribution in [0, 0.1) is 12.8 Å². The third-order valence-electron chi connectivity index (χ3n) is 4.93. The maximum Gasteiger partial charge on any atom is 0.257 e. The zero-order chi connectivity index (χ0) is 24.2. The molecule has 0 saturated heterocycles. The highest BCUT2D eigenvalue weighted by atomic mass is 79.9. The van der Waals surface area contributed by atoms with Gasteiger partial charge in [0.15, 0.2) is 5.11 Å². The third kappa shape index (κ3) is 6.00. The van der Waals surface area contributed by atoms with Crippen LogP contribution in [0.1, 0.15) is 29.8 Å². The topological polar surface area (TPSA) is 63.2 Å². The Kier molecular flexibility index (Phi) is 7.60. The fourth-order valence-corrected chi connectivity index (χ4v) is 4.98. The lowest BCUT2D eigenvalue weighted by Gasteiger charge is -2.12.